The molecule has 12 heteroatoms. The summed E-state index contributed by atoms with van der Waals surface area (Å²) in [6, 6.07) is 7.81. The van der Waals surface area contributed by atoms with E-state index < -0.39 is 31.8 Å². The first-order valence-corrected chi connectivity index (χ1v) is 15.5. The molecule has 3 N–H and O–H groups in total. The van der Waals surface area contributed by atoms with Gasteiger partial charge in [0.15, 0.2) is 0 Å². The van der Waals surface area contributed by atoms with E-state index in [1.54, 1.807) is 19.1 Å². The van der Waals surface area contributed by atoms with Gasteiger partial charge >= 0.3 is 0 Å². The molecule has 2 aliphatic heterocycles. The largest absolute Gasteiger partial charge is 0.509 e. The van der Waals surface area contributed by atoms with Gasteiger partial charge in [0.25, 0.3) is 5.91 Å². The number of sulfone groups is 1. The number of aliphatic hydroxyl groups excluding tert-OH is 1. The Hall–Kier alpha value is -3.38. The van der Waals surface area contributed by atoms with E-state index >= 15 is 0 Å². The topological polar surface area (TPSA) is 133 Å². The highest BCUT2D eigenvalue weighted by Gasteiger charge is 2.44. The SMILES string of the molecule is CCCC(C)C1C(O)=C(C2=CS(=O)(=O)c3cc(NS(C)(=O)=O)ccc3N2)C(=O)N1Cc1ccc(F)c(C)c1. The predicted molar refractivity (Wildman–Crippen MR) is 143 cm³/mol. The lowest BCUT2D eigenvalue weighted by molar-refractivity contribution is -0.128. The van der Waals surface area contributed by atoms with E-state index in [1.165, 1.54) is 29.2 Å². The van der Waals surface area contributed by atoms with Gasteiger partial charge in [0.2, 0.25) is 19.9 Å². The minimum Gasteiger partial charge on any atom is -0.509 e. The monoisotopic (exact) mass is 563 g/mol. The number of fused-ring (bicyclic) bond motifs is 1. The Labute approximate surface area is 222 Å². The van der Waals surface area contributed by atoms with Crippen LogP contribution in [0.25, 0.3) is 0 Å². The minimum atomic E-state index is -4.11. The van der Waals surface area contributed by atoms with Crippen molar-refractivity contribution in [2.75, 3.05) is 16.3 Å². The minimum absolute atomic E-state index is 0.0710. The molecule has 0 aliphatic carbocycles. The van der Waals surface area contributed by atoms with Crippen LogP contribution >= 0.6 is 0 Å². The maximum absolute atomic E-state index is 13.8. The van der Waals surface area contributed by atoms with Crippen LogP contribution in [-0.4, -0.2) is 45.0 Å². The molecule has 2 unspecified atom stereocenters. The van der Waals surface area contributed by atoms with E-state index in [2.05, 4.69) is 10.0 Å². The molecule has 2 aromatic rings. The summed E-state index contributed by atoms with van der Waals surface area (Å²) in [4.78, 5) is 15.0. The van der Waals surface area contributed by atoms with Gasteiger partial charge in [-0.05, 0) is 54.7 Å². The number of anilines is 2. The summed E-state index contributed by atoms with van der Waals surface area (Å²) in [5.74, 6) is -1.29. The molecule has 0 spiro atoms. The van der Waals surface area contributed by atoms with Crippen LogP contribution in [0.1, 0.15) is 37.8 Å². The second kappa shape index (κ2) is 10.1. The van der Waals surface area contributed by atoms with Crippen LogP contribution in [-0.2, 0) is 31.2 Å². The van der Waals surface area contributed by atoms with Crippen LogP contribution in [0, 0.1) is 18.7 Å². The number of aliphatic hydroxyl groups is 1. The highest BCUT2D eigenvalue weighted by Crippen LogP contribution is 2.40. The molecule has 2 heterocycles. The molecule has 2 aliphatic rings. The Morgan fingerprint density at radius 3 is 2.55 bits per heavy atom. The number of nitrogens with zero attached hydrogens (tertiary/aromatic N) is 1. The van der Waals surface area contributed by atoms with Crippen LogP contribution in [0.4, 0.5) is 15.8 Å². The smallest absolute Gasteiger partial charge is 0.260 e. The average molecular weight is 564 g/mol. The van der Waals surface area contributed by atoms with Gasteiger partial charge in [-0.3, -0.25) is 9.52 Å². The van der Waals surface area contributed by atoms with Gasteiger partial charge in [-0.15, -0.1) is 0 Å². The van der Waals surface area contributed by atoms with Crippen molar-refractivity contribution in [2.45, 2.75) is 51.1 Å². The fraction of sp³-hybridized carbons (Fsp3) is 0.346. The van der Waals surface area contributed by atoms with E-state index in [0.29, 0.717) is 17.5 Å². The number of benzene rings is 2. The number of halogens is 1. The first-order valence-electron chi connectivity index (χ1n) is 12.1. The van der Waals surface area contributed by atoms with Crippen molar-refractivity contribution in [1.82, 2.24) is 4.90 Å². The quantitative estimate of drug-likeness (QED) is 0.438. The van der Waals surface area contributed by atoms with E-state index in [1.807, 2.05) is 13.8 Å². The van der Waals surface area contributed by atoms with Crippen molar-refractivity contribution in [1.29, 1.82) is 0 Å². The third-order valence-corrected chi connectivity index (χ3v) is 8.71. The molecular weight excluding hydrogens is 533 g/mol. The molecule has 0 bridgehead atoms. The molecule has 0 saturated carbocycles. The number of carbonyl (C=O) groups is 1. The van der Waals surface area contributed by atoms with Crippen molar-refractivity contribution in [3.05, 3.63) is 75.8 Å². The third kappa shape index (κ3) is 5.41. The maximum atomic E-state index is 13.8. The van der Waals surface area contributed by atoms with Gasteiger partial charge in [-0.25, -0.2) is 21.2 Å². The molecule has 0 fully saturated rings. The number of nitrogens with one attached hydrogen (secondary N) is 2. The summed E-state index contributed by atoms with van der Waals surface area (Å²) in [7, 11) is -7.73. The number of carbonyl (C=O) groups excluding carboxylic acids is 1. The van der Waals surface area contributed by atoms with Crippen molar-refractivity contribution < 1.29 is 31.1 Å². The molecule has 2 atom stereocenters. The molecule has 0 aromatic heterocycles. The molecule has 0 saturated heterocycles. The Balaban J connectivity index is 1.74. The van der Waals surface area contributed by atoms with Crippen LogP contribution in [0.15, 0.2) is 63.7 Å². The zero-order chi connectivity index (χ0) is 28.0. The first-order chi connectivity index (χ1) is 17.7. The zero-order valence-electron chi connectivity index (χ0n) is 21.4. The van der Waals surface area contributed by atoms with Gasteiger partial charge < -0.3 is 15.3 Å². The van der Waals surface area contributed by atoms with E-state index in [9.17, 15) is 31.1 Å². The summed E-state index contributed by atoms with van der Waals surface area (Å²) in [5, 5.41) is 15.1. The normalized spacial score (nSPS) is 19.6. The fourth-order valence-corrected chi connectivity index (χ4v) is 6.83. The van der Waals surface area contributed by atoms with E-state index in [0.717, 1.165) is 18.1 Å². The Morgan fingerprint density at radius 1 is 1.21 bits per heavy atom. The molecule has 38 heavy (non-hydrogen) atoms. The highest BCUT2D eigenvalue weighted by atomic mass is 32.2. The van der Waals surface area contributed by atoms with Gasteiger partial charge in [0, 0.05) is 12.2 Å². The summed E-state index contributed by atoms with van der Waals surface area (Å²) >= 11 is 0. The molecule has 0 radical (unpaired) electrons. The number of amides is 1. The summed E-state index contributed by atoms with van der Waals surface area (Å²) in [5.41, 5.74) is 1.09. The molecular formula is C26H30FN3O6S2. The second-order valence-corrected chi connectivity index (χ2v) is 13.3. The Bertz CT molecular complexity index is 1580. The number of rotatable bonds is 8. The number of sulfonamides is 1. The molecule has 1 amide bonds. The lowest BCUT2D eigenvalue weighted by atomic mass is 9.94. The third-order valence-electron chi connectivity index (χ3n) is 6.61. The predicted octanol–water partition coefficient (Wildman–Crippen LogP) is 4.21. The van der Waals surface area contributed by atoms with E-state index in [4.69, 9.17) is 0 Å². The van der Waals surface area contributed by atoms with Crippen molar-refractivity contribution in [2.24, 2.45) is 5.92 Å². The number of hydrogen-bond donors (Lipinski definition) is 3. The molecule has 4 rings (SSSR count). The maximum Gasteiger partial charge on any atom is 0.260 e. The second-order valence-electron chi connectivity index (χ2n) is 9.77. The zero-order valence-corrected chi connectivity index (χ0v) is 23.1. The van der Waals surface area contributed by atoms with Crippen molar-refractivity contribution in [3.63, 3.8) is 0 Å². The summed E-state index contributed by atoms with van der Waals surface area (Å²) in [6.45, 7) is 5.63. The first kappa shape index (κ1) is 27.6. The van der Waals surface area contributed by atoms with Gasteiger partial charge in [0.05, 0.1) is 34.0 Å². The Morgan fingerprint density at radius 2 is 1.92 bits per heavy atom. The summed E-state index contributed by atoms with van der Waals surface area (Å²) in [6.07, 6.45) is 2.47. The fourth-order valence-electron chi connectivity index (χ4n) is 4.94. The van der Waals surface area contributed by atoms with Gasteiger partial charge in [-0.2, -0.15) is 0 Å². The lowest BCUT2D eigenvalue weighted by Gasteiger charge is -2.30. The van der Waals surface area contributed by atoms with Crippen molar-refractivity contribution in [3.8, 4) is 0 Å². The number of aryl methyl sites for hydroxylation is 1. The standard InChI is InChI=1S/C26H30FN3O6S2/c1-5-6-15(2)24-25(31)23(26(32)30(24)13-17-7-9-19(27)16(3)11-17)21-14-38(35,36)22-12-18(29-37(4,33)34)8-10-20(22)28-21/h7-12,14-15,24,28-29,31H,5-6,13H2,1-4H3. The average Bonchev–Trinajstić information content (AvgIpc) is 3.04. The Kier molecular flexibility index (Phi) is 7.32. The number of hydrogen-bond acceptors (Lipinski definition) is 7. The van der Waals surface area contributed by atoms with Crippen LogP contribution < -0.4 is 10.0 Å². The lowest BCUT2D eigenvalue weighted by Crippen LogP contribution is -2.39. The van der Waals surface area contributed by atoms with E-state index in [-0.39, 0.29) is 51.6 Å². The summed E-state index contributed by atoms with van der Waals surface area (Å²) < 4.78 is 65.6. The molecule has 204 valence electrons. The highest BCUT2D eigenvalue weighted by molar-refractivity contribution is 7.94. The van der Waals surface area contributed by atoms with Gasteiger partial charge in [0.1, 0.15) is 17.1 Å². The molecule has 9 nitrogen and oxygen atoms in total. The molecule has 2 aromatic carbocycles. The van der Waals surface area contributed by atoms with Crippen LogP contribution in [0.5, 0.6) is 0 Å². The van der Waals surface area contributed by atoms with Crippen LogP contribution in [0.2, 0.25) is 0 Å². The van der Waals surface area contributed by atoms with Crippen LogP contribution in [0.3, 0.4) is 0 Å². The van der Waals surface area contributed by atoms with Gasteiger partial charge in [-0.1, -0.05) is 32.4 Å². The van der Waals surface area contributed by atoms with Crippen molar-refractivity contribution >= 4 is 37.1 Å².